The molecular formula is C28H23N9O11S3. The molecule has 2 aliphatic rings. The van der Waals surface area contributed by atoms with E-state index >= 15 is 0 Å². The molecule has 2 amide bonds. The number of nitrogens with one attached hydrogen (secondary N) is 1. The van der Waals surface area contributed by atoms with Gasteiger partial charge in [0.2, 0.25) is 6.10 Å². The number of aromatic hydroxyl groups is 2. The van der Waals surface area contributed by atoms with Crippen LogP contribution in [0.15, 0.2) is 51.9 Å². The number of phenols is 2. The van der Waals surface area contributed by atoms with Crippen LogP contribution in [0.5, 0.6) is 11.5 Å². The molecule has 3 aromatic heterocycles. The monoisotopic (exact) mass is 757 g/mol. The number of nitrogens with zero attached hydrogens (tertiary/aromatic N) is 7. The van der Waals surface area contributed by atoms with Crippen LogP contribution in [0.1, 0.15) is 32.9 Å². The number of benzene rings is 1. The van der Waals surface area contributed by atoms with Crippen LogP contribution < -0.4 is 11.1 Å². The maximum absolute atomic E-state index is 13.5. The first-order valence-corrected chi connectivity index (χ1v) is 17.1. The SMILES string of the molecule is Cc1cc(SCC2=C(C(=O)O)N3C(=O)[C@@H](NC(=O)/C(=N/O[C@H](C(=O)O)c4ccc(O)c(O)c4)c4cnc(N)s4)[C@H]3SC2)n2nc(C(=O)O)nc2n1. The Balaban J connectivity index is 1.21. The van der Waals surface area contributed by atoms with Gasteiger partial charge < -0.3 is 41.4 Å². The van der Waals surface area contributed by atoms with Crippen LogP contribution in [0.3, 0.4) is 0 Å². The summed E-state index contributed by atoms with van der Waals surface area (Å²) in [6.07, 6.45) is -0.654. The number of thioether (sulfide) groups is 2. The van der Waals surface area contributed by atoms with Crippen LogP contribution in [0.4, 0.5) is 5.13 Å². The van der Waals surface area contributed by atoms with E-state index in [0.29, 0.717) is 16.3 Å². The molecule has 20 nitrogen and oxygen atoms in total. The summed E-state index contributed by atoms with van der Waals surface area (Å²) in [5.74, 6) is -7.32. The van der Waals surface area contributed by atoms with E-state index in [9.17, 15) is 49.5 Å². The molecule has 51 heavy (non-hydrogen) atoms. The number of amides is 2. The summed E-state index contributed by atoms with van der Waals surface area (Å²) in [6, 6.07) is 3.57. The second-order valence-corrected chi connectivity index (χ2v) is 13.8. The molecule has 1 fully saturated rings. The van der Waals surface area contributed by atoms with Gasteiger partial charge in [0, 0.05) is 29.0 Å². The van der Waals surface area contributed by atoms with Crippen molar-refractivity contribution in [2.45, 2.75) is 29.5 Å². The lowest BCUT2D eigenvalue weighted by Gasteiger charge is -2.49. The Labute approximate surface area is 296 Å². The van der Waals surface area contributed by atoms with E-state index in [0.717, 1.165) is 40.1 Å². The van der Waals surface area contributed by atoms with Gasteiger partial charge in [0.15, 0.2) is 22.3 Å². The number of carboxylic acids is 3. The number of fused-ring (bicyclic) bond motifs is 2. The third-order valence-electron chi connectivity index (χ3n) is 7.28. The summed E-state index contributed by atoms with van der Waals surface area (Å²) in [6.45, 7) is 1.67. The third kappa shape index (κ3) is 6.80. The van der Waals surface area contributed by atoms with E-state index in [1.807, 2.05) is 0 Å². The van der Waals surface area contributed by atoms with Crippen molar-refractivity contribution in [2.24, 2.45) is 5.16 Å². The number of carbonyl (C=O) groups excluding carboxylic acids is 2. The molecule has 4 aromatic rings. The van der Waals surface area contributed by atoms with Gasteiger partial charge in [0.05, 0.1) is 4.88 Å². The molecule has 1 aromatic carbocycles. The van der Waals surface area contributed by atoms with Crippen molar-refractivity contribution in [1.29, 1.82) is 0 Å². The average Bonchev–Trinajstić information content (AvgIpc) is 3.71. The van der Waals surface area contributed by atoms with Gasteiger partial charge in [0.1, 0.15) is 22.1 Å². The van der Waals surface area contributed by atoms with E-state index in [2.05, 4.69) is 30.5 Å². The van der Waals surface area contributed by atoms with Crippen molar-refractivity contribution in [3.05, 3.63) is 63.7 Å². The summed E-state index contributed by atoms with van der Waals surface area (Å²) >= 11 is 3.15. The summed E-state index contributed by atoms with van der Waals surface area (Å²) < 4.78 is 1.23. The quantitative estimate of drug-likeness (QED) is 0.0261. The molecule has 0 unspecified atom stereocenters. The molecule has 0 radical (unpaired) electrons. The normalized spacial score (nSPS) is 17.9. The lowest BCUT2D eigenvalue weighted by molar-refractivity contribution is -0.151. The van der Waals surface area contributed by atoms with Crippen molar-refractivity contribution >= 4 is 81.2 Å². The number of carbonyl (C=O) groups is 5. The minimum atomic E-state index is -1.84. The molecule has 8 N–H and O–H groups in total. The van der Waals surface area contributed by atoms with E-state index in [-0.39, 0.29) is 38.6 Å². The molecular weight excluding hydrogens is 735 g/mol. The number of nitrogens with two attached hydrogens (primary N) is 1. The highest BCUT2D eigenvalue weighted by molar-refractivity contribution is 8.01. The number of rotatable bonds is 12. The van der Waals surface area contributed by atoms with Crippen LogP contribution in [0.2, 0.25) is 0 Å². The molecule has 5 heterocycles. The Hall–Kier alpha value is -5.94. The van der Waals surface area contributed by atoms with E-state index in [1.54, 1.807) is 13.0 Å². The number of hydrogen-bond acceptors (Lipinski definition) is 17. The number of nitrogen functional groups attached to an aromatic ring is 1. The number of aryl methyl sites for hydroxylation is 1. The van der Waals surface area contributed by atoms with Crippen LogP contribution >= 0.6 is 34.9 Å². The van der Waals surface area contributed by atoms with Crippen molar-refractivity contribution in [1.82, 2.24) is 34.8 Å². The Morgan fingerprint density at radius 1 is 1.14 bits per heavy atom. The number of aromatic carboxylic acids is 1. The molecule has 0 aliphatic carbocycles. The molecule has 0 bridgehead atoms. The van der Waals surface area contributed by atoms with Gasteiger partial charge in [-0.2, -0.15) is 9.50 Å². The predicted molar refractivity (Wildman–Crippen MR) is 177 cm³/mol. The number of β-lactam (4-membered cyclic amide) rings is 1. The average molecular weight is 758 g/mol. The molecule has 0 spiro atoms. The second-order valence-electron chi connectivity index (χ2n) is 10.7. The fraction of sp³-hybridized carbons (Fsp3) is 0.214. The summed E-state index contributed by atoms with van der Waals surface area (Å²) in [5.41, 5.74) is 5.74. The summed E-state index contributed by atoms with van der Waals surface area (Å²) in [5, 5.41) is 58.4. The maximum atomic E-state index is 13.5. The van der Waals surface area contributed by atoms with Gasteiger partial charge in [-0.1, -0.05) is 22.6 Å². The van der Waals surface area contributed by atoms with Crippen LogP contribution in [0, 0.1) is 6.92 Å². The largest absolute Gasteiger partial charge is 0.504 e. The fourth-order valence-electron chi connectivity index (χ4n) is 4.97. The Bertz CT molecular complexity index is 2200. The molecule has 1 saturated heterocycles. The molecule has 264 valence electrons. The van der Waals surface area contributed by atoms with E-state index in [4.69, 9.17) is 10.6 Å². The lowest BCUT2D eigenvalue weighted by Crippen LogP contribution is -2.71. The molecule has 3 atom stereocenters. The number of oxime groups is 1. The van der Waals surface area contributed by atoms with Gasteiger partial charge >= 0.3 is 17.9 Å². The minimum Gasteiger partial charge on any atom is -0.504 e. The van der Waals surface area contributed by atoms with Gasteiger partial charge in [0.25, 0.3) is 23.4 Å². The highest BCUT2D eigenvalue weighted by atomic mass is 32.2. The number of phenolic OH excluding ortho intramolecular Hbond substituents is 2. The first kappa shape index (κ1) is 34.9. The number of aromatic nitrogens is 5. The zero-order valence-electron chi connectivity index (χ0n) is 25.7. The number of thiazole rings is 1. The zero-order chi connectivity index (χ0) is 36.7. The summed E-state index contributed by atoms with van der Waals surface area (Å²) in [4.78, 5) is 81.0. The first-order chi connectivity index (χ1) is 24.2. The Morgan fingerprint density at radius 2 is 1.90 bits per heavy atom. The van der Waals surface area contributed by atoms with Crippen molar-refractivity contribution < 1.29 is 54.3 Å². The van der Waals surface area contributed by atoms with Gasteiger partial charge in [-0.3, -0.25) is 14.5 Å². The second kappa shape index (κ2) is 13.8. The molecule has 6 rings (SSSR count). The van der Waals surface area contributed by atoms with Gasteiger partial charge in [-0.15, -0.1) is 28.6 Å². The standard InChI is InChI=1S/C28H23N9O11S3/c1-9-4-15(37-28(31-9)33-20(34-37)26(46)47)49-7-11-8-50-23-17(22(41)36(23)18(11)24(42)43)32-21(40)16(14-6-30-27(29)51-14)35-48-19(25(44)45)10-2-3-12(38)13(39)5-10/h2-6,17,19,23,38-39H,7-8H2,1H3,(H2,29,30)(H,32,40)(H,42,43)(H,44,45)(H,46,47)/b35-16+/t17-,19+,23-/m1/s1. The highest BCUT2D eigenvalue weighted by Gasteiger charge is 2.54. The van der Waals surface area contributed by atoms with E-state index in [1.165, 1.54) is 28.5 Å². The zero-order valence-corrected chi connectivity index (χ0v) is 28.1. The van der Waals surface area contributed by atoms with Crippen molar-refractivity contribution in [2.75, 3.05) is 17.2 Å². The topological polar surface area (TPSA) is 305 Å². The fourth-order valence-corrected chi connectivity index (χ4v) is 8.16. The Morgan fingerprint density at radius 3 is 2.55 bits per heavy atom. The smallest absolute Gasteiger partial charge is 0.375 e. The molecule has 2 aliphatic heterocycles. The molecule has 23 heteroatoms. The van der Waals surface area contributed by atoms with Crippen LogP contribution in [0.25, 0.3) is 5.78 Å². The highest BCUT2D eigenvalue weighted by Crippen LogP contribution is 2.42. The maximum Gasteiger partial charge on any atom is 0.375 e. The third-order valence-corrected chi connectivity index (χ3v) is 10.5. The van der Waals surface area contributed by atoms with Crippen LogP contribution in [-0.2, 0) is 24.0 Å². The van der Waals surface area contributed by atoms with Crippen molar-refractivity contribution in [3.8, 4) is 11.5 Å². The lowest BCUT2D eigenvalue weighted by atomic mass is 10.0. The Kier molecular flexibility index (Phi) is 9.42. The predicted octanol–water partition coefficient (Wildman–Crippen LogP) is 0.658. The number of carboxylic acid groups (broad SMARTS) is 3. The first-order valence-electron chi connectivity index (χ1n) is 14.2. The molecule has 0 saturated carbocycles. The number of hydrogen-bond donors (Lipinski definition) is 7. The van der Waals surface area contributed by atoms with Gasteiger partial charge in [-0.25, -0.2) is 24.4 Å². The number of aliphatic carboxylic acids is 2. The number of anilines is 1. The van der Waals surface area contributed by atoms with Crippen molar-refractivity contribution in [3.63, 3.8) is 0 Å². The van der Waals surface area contributed by atoms with E-state index < -0.39 is 70.3 Å². The van der Waals surface area contributed by atoms with Crippen LogP contribution in [-0.4, -0.2) is 113 Å². The minimum absolute atomic E-state index is 0.0351. The summed E-state index contributed by atoms with van der Waals surface area (Å²) in [7, 11) is 0. The van der Waals surface area contributed by atoms with Gasteiger partial charge in [-0.05, 0) is 30.7 Å².